The first kappa shape index (κ1) is 20.4. The van der Waals surface area contributed by atoms with E-state index in [-0.39, 0.29) is 31.4 Å². The van der Waals surface area contributed by atoms with Crippen molar-refractivity contribution in [2.75, 3.05) is 33.3 Å². The molecule has 0 radical (unpaired) electrons. The van der Waals surface area contributed by atoms with Crippen molar-refractivity contribution in [3.05, 3.63) is 64.1 Å². The van der Waals surface area contributed by atoms with Crippen LogP contribution in [0.25, 0.3) is 0 Å². The number of amides is 2. The number of carbonyl (C=O) groups is 2. The molecule has 2 aromatic carbocycles. The summed E-state index contributed by atoms with van der Waals surface area (Å²) in [5, 5.41) is 10.4. The highest BCUT2D eigenvalue weighted by atomic mass is 79.9. The molecule has 6 nitrogen and oxygen atoms in total. The monoisotopic (exact) mass is 446 g/mol. The number of β-amino-alcohol motifs (C(OH)–C–C–N with tert-alkyl or cyclic N) is 1. The molecule has 1 aliphatic heterocycles. The molecule has 0 bridgehead atoms. The van der Waals surface area contributed by atoms with E-state index in [2.05, 4.69) is 15.9 Å². The fourth-order valence-electron chi connectivity index (χ4n) is 3.24. The van der Waals surface area contributed by atoms with Crippen LogP contribution in [0.2, 0.25) is 0 Å². The summed E-state index contributed by atoms with van der Waals surface area (Å²) in [4.78, 5) is 28.7. The third-order valence-corrected chi connectivity index (χ3v) is 5.44. The molecule has 1 unspecified atom stereocenters. The molecular weight excluding hydrogens is 424 g/mol. The molecule has 1 atom stereocenters. The number of halogens is 1. The van der Waals surface area contributed by atoms with Gasteiger partial charge in [-0.15, -0.1) is 0 Å². The Labute approximate surface area is 172 Å². The quantitative estimate of drug-likeness (QED) is 0.764. The van der Waals surface area contributed by atoms with Crippen LogP contribution in [0, 0.1) is 0 Å². The zero-order chi connectivity index (χ0) is 20.1. The smallest absolute Gasteiger partial charge is 0.255 e. The third-order valence-electron chi connectivity index (χ3n) is 4.75. The lowest BCUT2D eigenvalue weighted by atomic mass is 10.1. The van der Waals surface area contributed by atoms with Gasteiger partial charge in [-0.2, -0.15) is 0 Å². The maximum absolute atomic E-state index is 13.0. The van der Waals surface area contributed by atoms with Crippen LogP contribution < -0.4 is 4.74 Å². The zero-order valence-corrected chi connectivity index (χ0v) is 17.3. The third kappa shape index (κ3) is 4.91. The van der Waals surface area contributed by atoms with E-state index in [0.717, 1.165) is 5.56 Å². The van der Waals surface area contributed by atoms with Gasteiger partial charge in [-0.25, -0.2) is 0 Å². The number of ether oxygens (including phenoxy) is 1. The number of benzene rings is 2. The Morgan fingerprint density at radius 1 is 1.21 bits per heavy atom. The summed E-state index contributed by atoms with van der Waals surface area (Å²) in [7, 11) is 1.53. The number of methoxy groups -OCH3 is 1. The van der Waals surface area contributed by atoms with Gasteiger partial charge >= 0.3 is 0 Å². The molecule has 28 heavy (non-hydrogen) atoms. The topological polar surface area (TPSA) is 70.1 Å². The average molecular weight is 447 g/mol. The molecule has 1 saturated heterocycles. The predicted molar refractivity (Wildman–Crippen MR) is 109 cm³/mol. The van der Waals surface area contributed by atoms with Crippen LogP contribution in [0.15, 0.2) is 53.0 Å². The second kappa shape index (κ2) is 9.21. The van der Waals surface area contributed by atoms with Crippen LogP contribution in [-0.4, -0.2) is 66.1 Å². The van der Waals surface area contributed by atoms with Gasteiger partial charge in [-0.3, -0.25) is 9.59 Å². The Bertz CT molecular complexity index is 844. The molecule has 0 spiro atoms. The standard InChI is InChI=1S/C21H23BrN2O4/c1-28-17-7-8-19(22)18(11-17)21(27)24-13-16(25)12-23(20(26)14-24)10-9-15-5-3-2-4-6-15/h2-8,11,16,25H,9-10,12-14H2,1H3. The van der Waals surface area contributed by atoms with Crippen LogP contribution >= 0.6 is 15.9 Å². The molecule has 0 saturated carbocycles. The van der Waals surface area contributed by atoms with Crippen molar-refractivity contribution >= 4 is 27.7 Å². The maximum atomic E-state index is 13.0. The molecule has 1 N–H and O–H groups in total. The van der Waals surface area contributed by atoms with Crippen LogP contribution in [0.3, 0.4) is 0 Å². The van der Waals surface area contributed by atoms with E-state index in [1.165, 1.54) is 12.0 Å². The second-order valence-corrected chi connectivity index (χ2v) is 7.61. The number of aliphatic hydroxyl groups excluding tert-OH is 1. The van der Waals surface area contributed by atoms with Gasteiger partial charge in [0, 0.05) is 24.1 Å². The Hall–Kier alpha value is -2.38. The largest absolute Gasteiger partial charge is 0.497 e. The van der Waals surface area contributed by atoms with E-state index < -0.39 is 6.10 Å². The van der Waals surface area contributed by atoms with E-state index in [4.69, 9.17) is 4.74 Å². The lowest BCUT2D eigenvalue weighted by Gasteiger charge is -2.22. The second-order valence-electron chi connectivity index (χ2n) is 6.76. The van der Waals surface area contributed by atoms with Gasteiger partial charge in [-0.05, 0) is 46.1 Å². The van der Waals surface area contributed by atoms with Crippen molar-refractivity contribution in [1.82, 2.24) is 9.80 Å². The number of aliphatic hydroxyl groups is 1. The number of nitrogens with zero attached hydrogens (tertiary/aromatic N) is 2. The number of hydrogen-bond donors (Lipinski definition) is 1. The Morgan fingerprint density at radius 2 is 1.96 bits per heavy atom. The van der Waals surface area contributed by atoms with Gasteiger partial charge in [-0.1, -0.05) is 30.3 Å². The van der Waals surface area contributed by atoms with Crippen molar-refractivity contribution in [2.24, 2.45) is 0 Å². The molecule has 2 amide bonds. The number of carbonyl (C=O) groups excluding carboxylic acids is 2. The van der Waals surface area contributed by atoms with Crippen molar-refractivity contribution in [3.63, 3.8) is 0 Å². The van der Waals surface area contributed by atoms with Crippen LogP contribution in [0.5, 0.6) is 5.75 Å². The lowest BCUT2D eigenvalue weighted by molar-refractivity contribution is -0.131. The summed E-state index contributed by atoms with van der Waals surface area (Å²) in [5.74, 6) is 0.0701. The fourth-order valence-corrected chi connectivity index (χ4v) is 3.66. The van der Waals surface area contributed by atoms with E-state index in [0.29, 0.717) is 28.8 Å². The fraction of sp³-hybridized carbons (Fsp3) is 0.333. The molecule has 1 heterocycles. The lowest BCUT2D eigenvalue weighted by Crippen LogP contribution is -2.40. The van der Waals surface area contributed by atoms with Crippen molar-refractivity contribution in [1.29, 1.82) is 0 Å². The van der Waals surface area contributed by atoms with Crippen molar-refractivity contribution in [3.8, 4) is 5.75 Å². The summed E-state index contributed by atoms with van der Waals surface area (Å²) < 4.78 is 5.81. The highest BCUT2D eigenvalue weighted by molar-refractivity contribution is 9.10. The van der Waals surface area contributed by atoms with Gasteiger partial charge in [0.25, 0.3) is 5.91 Å². The molecule has 1 aliphatic rings. The van der Waals surface area contributed by atoms with Gasteiger partial charge in [0.2, 0.25) is 5.91 Å². The predicted octanol–water partition coefficient (Wildman–Crippen LogP) is 2.35. The van der Waals surface area contributed by atoms with Crippen LogP contribution in [0.1, 0.15) is 15.9 Å². The first-order valence-corrected chi connectivity index (χ1v) is 9.90. The Balaban J connectivity index is 1.71. The normalized spacial score (nSPS) is 17.4. The molecule has 0 aromatic heterocycles. The summed E-state index contributed by atoms with van der Waals surface area (Å²) in [6, 6.07) is 15.0. The number of rotatable bonds is 5. The maximum Gasteiger partial charge on any atom is 0.255 e. The van der Waals surface area contributed by atoms with Crippen LogP contribution in [0.4, 0.5) is 0 Å². The van der Waals surface area contributed by atoms with Crippen molar-refractivity contribution < 1.29 is 19.4 Å². The first-order valence-electron chi connectivity index (χ1n) is 9.10. The zero-order valence-electron chi connectivity index (χ0n) is 15.7. The Kier molecular flexibility index (Phi) is 6.70. The molecule has 148 valence electrons. The average Bonchev–Trinajstić information content (AvgIpc) is 2.85. The molecule has 1 fully saturated rings. The Morgan fingerprint density at radius 3 is 2.68 bits per heavy atom. The number of hydrogen-bond acceptors (Lipinski definition) is 4. The van der Waals surface area contributed by atoms with Gasteiger partial charge in [0.15, 0.2) is 0 Å². The summed E-state index contributed by atoms with van der Waals surface area (Å²) in [6.45, 7) is 0.768. The SMILES string of the molecule is COc1ccc(Br)c(C(=O)N2CC(=O)N(CCc3ccccc3)CC(O)C2)c1. The molecule has 2 aromatic rings. The van der Waals surface area contributed by atoms with E-state index in [1.54, 1.807) is 23.1 Å². The minimum absolute atomic E-state index is 0.0612. The van der Waals surface area contributed by atoms with E-state index in [1.807, 2.05) is 30.3 Å². The first-order chi connectivity index (χ1) is 13.5. The molecule has 0 aliphatic carbocycles. The highest BCUT2D eigenvalue weighted by Crippen LogP contribution is 2.24. The van der Waals surface area contributed by atoms with E-state index in [9.17, 15) is 14.7 Å². The molecule has 7 heteroatoms. The summed E-state index contributed by atoms with van der Waals surface area (Å²) in [6.07, 6.45) is -0.0927. The molecular formula is C21H23BrN2O4. The summed E-state index contributed by atoms with van der Waals surface area (Å²) in [5.41, 5.74) is 1.53. The highest BCUT2D eigenvalue weighted by Gasteiger charge is 2.30. The van der Waals surface area contributed by atoms with Gasteiger partial charge in [0.05, 0.1) is 18.8 Å². The minimum Gasteiger partial charge on any atom is -0.497 e. The van der Waals surface area contributed by atoms with Crippen LogP contribution in [-0.2, 0) is 11.2 Å². The summed E-state index contributed by atoms with van der Waals surface area (Å²) >= 11 is 3.38. The van der Waals surface area contributed by atoms with E-state index >= 15 is 0 Å². The van der Waals surface area contributed by atoms with Crippen molar-refractivity contribution in [2.45, 2.75) is 12.5 Å². The minimum atomic E-state index is -0.796. The molecule has 3 rings (SSSR count). The van der Waals surface area contributed by atoms with Gasteiger partial charge < -0.3 is 19.6 Å². The van der Waals surface area contributed by atoms with Gasteiger partial charge in [0.1, 0.15) is 12.3 Å².